The van der Waals surface area contributed by atoms with Gasteiger partial charge in [-0.2, -0.15) is 5.26 Å². The van der Waals surface area contributed by atoms with E-state index in [4.69, 9.17) is 5.26 Å². The molecule has 1 unspecified atom stereocenters. The largest absolute Gasteiger partial charge is 0.389 e. The van der Waals surface area contributed by atoms with Crippen molar-refractivity contribution in [2.45, 2.75) is 39.3 Å². The summed E-state index contributed by atoms with van der Waals surface area (Å²) in [6.07, 6.45) is 2.39. The molecule has 1 atom stereocenters. The molecule has 0 aliphatic rings. The Bertz CT molecular complexity index is 421. The fourth-order valence-corrected chi connectivity index (χ4v) is 2.07. The highest BCUT2D eigenvalue weighted by Crippen LogP contribution is 2.15. The zero-order chi connectivity index (χ0) is 13.6. The molecule has 0 saturated heterocycles. The summed E-state index contributed by atoms with van der Waals surface area (Å²) in [7, 11) is 0. The molecule has 0 bridgehead atoms. The highest BCUT2D eigenvalue weighted by molar-refractivity contribution is 5.25. The summed E-state index contributed by atoms with van der Waals surface area (Å²) in [5, 5.41) is 22.1. The first-order valence-corrected chi connectivity index (χ1v) is 6.21. The van der Waals surface area contributed by atoms with E-state index in [1.807, 2.05) is 19.1 Å². The van der Waals surface area contributed by atoms with Crippen molar-refractivity contribution in [1.82, 2.24) is 10.3 Å². The Morgan fingerprint density at radius 2 is 2.28 bits per heavy atom. The molecule has 0 spiro atoms. The van der Waals surface area contributed by atoms with Crippen LogP contribution in [0.15, 0.2) is 18.3 Å². The number of rotatable bonds is 6. The molecule has 0 amide bonds. The Morgan fingerprint density at radius 3 is 2.89 bits per heavy atom. The SMILES string of the molecule is CC(C)CC(C)(O)CNCc1ccnc(C#N)c1. The molecule has 4 nitrogen and oxygen atoms in total. The maximum atomic E-state index is 10.1. The summed E-state index contributed by atoms with van der Waals surface area (Å²) in [5.74, 6) is 0.466. The number of hydrogen-bond donors (Lipinski definition) is 2. The summed E-state index contributed by atoms with van der Waals surface area (Å²) in [6, 6.07) is 5.63. The first-order chi connectivity index (χ1) is 8.43. The van der Waals surface area contributed by atoms with E-state index < -0.39 is 5.60 Å². The summed E-state index contributed by atoms with van der Waals surface area (Å²) in [6.45, 7) is 7.20. The third-order valence-electron chi connectivity index (χ3n) is 2.62. The molecule has 0 aromatic carbocycles. The molecule has 0 fully saturated rings. The van der Waals surface area contributed by atoms with Crippen LogP contribution < -0.4 is 5.32 Å². The molecule has 1 heterocycles. The smallest absolute Gasteiger partial charge is 0.140 e. The Morgan fingerprint density at radius 1 is 1.56 bits per heavy atom. The number of aliphatic hydroxyl groups is 1. The molecule has 1 aromatic rings. The lowest BCUT2D eigenvalue weighted by molar-refractivity contribution is 0.0383. The van der Waals surface area contributed by atoms with Crippen molar-refractivity contribution in [2.75, 3.05) is 6.54 Å². The van der Waals surface area contributed by atoms with Gasteiger partial charge in [0.05, 0.1) is 5.60 Å². The van der Waals surface area contributed by atoms with Gasteiger partial charge in [0.15, 0.2) is 0 Å². The van der Waals surface area contributed by atoms with Crippen molar-refractivity contribution >= 4 is 0 Å². The average Bonchev–Trinajstić information content (AvgIpc) is 2.27. The van der Waals surface area contributed by atoms with Crippen molar-refractivity contribution in [2.24, 2.45) is 5.92 Å². The predicted octanol–water partition coefficient (Wildman–Crippen LogP) is 1.84. The highest BCUT2D eigenvalue weighted by Gasteiger charge is 2.20. The van der Waals surface area contributed by atoms with Crippen LogP contribution in [-0.4, -0.2) is 22.2 Å². The van der Waals surface area contributed by atoms with Gasteiger partial charge in [0.1, 0.15) is 11.8 Å². The summed E-state index contributed by atoms with van der Waals surface area (Å²) >= 11 is 0. The van der Waals surface area contributed by atoms with Crippen LogP contribution in [0.4, 0.5) is 0 Å². The predicted molar refractivity (Wildman–Crippen MR) is 70.7 cm³/mol. The molecular formula is C14H21N3O. The minimum absolute atomic E-state index is 0.420. The minimum Gasteiger partial charge on any atom is -0.389 e. The molecular weight excluding hydrogens is 226 g/mol. The lowest BCUT2D eigenvalue weighted by atomic mass is 9.94. The second-order valence-electron chi connectivity index (χ2n) is 5.36. The fourth-order valence-electron chi connectivity index (χ4n) is 2.07. The van der Waals surface area contributed by atoms with Crippen LogP contribution in [0, 0.1) is 17.2 Å². The standard InChI is InChI=1S/C14H21N3O/c1-11(2)7-14(3,18)10-16-9-12-4-5-17-13(6-12)8-15/h4-6,11,16,18H,7,9-10H2,1-3H3. The Kier molecular flexibility index (Phi) is 5.26. The number of nitrogens with one attached hydrogen (secondary N) is 1. The van der Waals surface area contributed by atoms with Gasteiger partial charge >= 0.3 is 0 Å². The first kappa shape index (κ1) is 14.6. The van der Waals surface area contributed by atoms with Crippen LogP contribution in [0.5, 0.6) is 0 Å². The van der Waals surface area contributed by atoms with Crippen LogP contribution in [0.1, 0.15) is 38.4 Å². The summed E-state index contributed by atoms with van der Waals surface area (Å²) in [5.41, 5.74) is 0.726. The Labute approximate surface area is 109 Å². The van der Waals surface area contributed by atoms with Gasteiger partial charge < -0.3 is 10.4 Å². The van der Waals surface area contributed by atoms with Gasteiger partial charge in [-0.25, -0.2) is 4.98 Å². The van der Waals surface area contributed by atoms with Gasteiger partial charge in [-0.05, 0) is 37.0 Å². The number of pyridine rings is 1. The van der Waals surface area contributed by atoms with Crippen molar-refractivity contribution in [3.05, 3.63) is 29.6 Å². The van der Waals surface area contributed by atoms with E-state index in [1.165, 1.54) is 0 Å². The molecule has 0 aliphatic carbocycles. The third-order valence-corrected chi connectivity index (χ3v) is 2.62. The van der Waals surface area contributed by atoms with E-state index >= 15 is 0 Å². The molecule has 98 valence electrons. The molecule has 1 rings (SSSR count). The summed E-state index contributed by atoms with van der Waals surface area (Å²) < 4.78 is 0. The van der Waals surface area contributed by atoms with Gasteiger partial charge in [0.2, 0.25) is 0 Å². The van der Waals surface area contributed by atoms with Crippen LogP contribution in [-0.2, 0) is 6.54 Å². The van der Waals surface area contributed by atoms with Crippen molar-refractivity contribution in [3.8, 4) is 6.07 Å². The topological polar surface area (TPSA) is 68.9 Å². The number of hydrogen-bond acceptors (Lipinski definition) is 4. The van der Waals surface area contributed by atoms with Crippen LogP contribution in [0.25, 0.3) is 0 Å². The second kappa shape index (κ2) is 6.48. The lowest BCUT2D eigenvalue weighted by Gasteiger charge is -2.25. The van der Waals surface area contributed by atoms with Crippen molar-refractivity contribution in [1.29, 1.82) is 5.26 Å². The molecule has 4 heteroatoms. The molecule has 0 radical (unpaired) electrons. The molecule has 0 saturated carbocycles. The van der Waals surface area contributed by atoms with E-state index in [0.717, 1.165) is 12.0 Å². The van der Waals surface area contributed by atoms with Crippen molar-refractivity contribution in [3.63, 3.8) is 0 Å². The third kappa shape index (κ3) is 5.26. The summed E-state index contributed by atoms with van der Waals surface area (Å²) in [4.78, 5) is 3.92. The lowest BCUT2D eigenvalue weighted by Crippen LogP contribution is -2.38. The fraction of sp³-hybridized carbons (Fsp3) is 0.571. The molecule has 2 N–H and O–H groups in total. The zero-order valence-corrected chi connectivity index (χ0v) is 11.3. The first-order valence-electron chi connectivity index (χ1n) is 6.21. The molecule has 0 aliphatic heterocycles. The van der Waals surface area contributed by atoms with Crippen molar-refractivity contribution < 1.29 is 5.11 Å². The van der Waals surface area contributed by atoms with E-state index in [1.54, 1.807) is 12.3 Å². The van der Waals surface area contributed by atoms with Gasteiger partial charge in [0.25, 0.3) is 0 Å². The number of nitrogens with zero attached hydrogens (tertiary/aromatic N) is 2. The van der Waals surface area contributed by atoms with Gasteiger partial charge in [0, 0.05) is 19.3 Å². The molecule has 18 heavy (non-hydrogen) atoms. The number of aromatic nitrogens is 1. The van der Waals surface area contributed by atoms with Gasteiger partial charge in [-0.3, -0.25) is 0 Å². The molecule has 1 aromatic heterocycles. The van der Waals surface area contributed by atoms with Gasteiger partial charge in [-0.1, -0.05) is 13.8 Å². The van der Waals surface area contributed by atoms with Crippen LogP contribution in [0.2, 0.25) is 0 Å². The zero-order valence-electron chi connectivity index (χ0n) is 11.3. The quantitative estimate of drug-likeness (QED) is 0.804. The van der Waals surface area contributed by atoms with Crippen LogP contribution in [0.3, 0.4) is 0 Å². The van der Waals surface area contributed by atoms with Crippen LogP contribution >= 0.6 is 0 Å². The average molecular weight is 247 g/mol. The normalized spacial score (nSPS) is 14.2. The highest BCUT2D eigenvalue weighted by atomic mass is 16.3. The van der Waals surface area contributed by atoms with E-state index in [2.05, 4.69) is 24.1 Å². The second-order valence-corrected chi connectivity index (χ2v) is 5.36. The van der Waals surface area contributed by atoms with E-state index in [0.29, 0.717) is 24.7 Å². The van der Waals surface area contributed by atoms with E-state index in [9.17, 15) is 5.11 Å². The Balaban J connectivity index is 2.44. The minimum atomic E-state index is -0.695. The maximum absolute atomic E-state index is 10.1. The van der Waals surface area contributed by atoms with Gasteiger partial charge in [-0.15, -0.1) is 0 Å². The van der Waals surface area contributed by atoms with E-state index in [-0.39, 0.29) is 0 Å². The number of nitriles is 1. The maximum Gasteiger partial charge on any atom is 0.140 e. The Hall–Kier alpha value is -1.44. The monoisotopic (exact) mass is 247 g/mol.